The van der Waals surface area contributed by atoms with Gasteiger partial charge in [0.15, 0.2) is 0 Å². The molecule has 0 radical (unpaired) electrons. The molecule has 26 heavy (non-hydrogen) atoms. The molecule has 0 unspecified atom stereocenters. The SMILES string of the molecule is CN(CCN1CCCCCC1)C(=O)N[C@H](CC(C)(C)C)c1cccnc1. The molecule has 5 heteroatoms. The summed E-state index contributed by atoms with van der Waals surface area (Å²) < 4.78 is 0. The first-order chi connectivity index (χ1) is 12.3. The molecular weight excluding hydrogens is 324 g/mol. The summed E-state index contributed by atoms with van der Waals surface area (Å²) in [5.41, 5.74) is 1.19. The Hall–Kier alpha value is -1.62. The summed E-state index contributed by atoms with van der Waals surface area (Å²) in [5.74, 6) is 0. The molecule has 2 heterocycles. The van der Waals surface area contributed by atoms with Crippen molar-refractivity contribution in [3.8, 4) is 0 Å². The van der Waals surface area contributed by atoms with E-state index >= 15 is 0 Å². The maximum Gasteiger partial charge on any atom is 0.317 e. The Balaban J connectivity index is 1.90. The van der Waals surface area contributed by atoms with Crippen molar-refractivity contribution in [2.45, 2.75) is 58.9 Å². The Bertz CT molecular complexity index is 533. The Labute approximate surface area is 159 Å². The highest BCUT2D eigenvalue weighted by atomic mass is 16.2. The maximum atomic E-state index is 12.7. The third kappa shape index (κ3) is 7.32. The molecule has 1 saturated heterocycles. The number of hydrogen-bond donors (Lipinski definition) is 1. The Morgan fingerprint density at radius 2 is 1.96 bits per heavy atom. The molecular formula is C21H36N4O. The van der Waals surface area contributed by atoms with E-state index in [2.05, 4.69) is 36.0 Å². The number of rotatable bonds is 6. The second kappa shape index (κ2) is 9.91. The average Bonchev–Trinajstić information content (AvgIpc) is 2.87. The number of hydrogen-bond acceptors (Lipinski definition) is 3. The summed E-state index contributed by atoms with van der Waals surface area (Å²) >= 11 is 0. The second-order valence-corrected chi connectivity index (χ2v) is 8.73. The lowest BCUT2D eigenvalue weighted by Gasteiger charge is -2.30. The van der Waals surface area contributed by atoms with Crippen molar-refractivity contribution in [1.82, 2.24) is 20.1 Å². The highest BCUT2D eigenvalue weighted by Gasteiger charge is 2.23. The van der Waals surface area contributed by atoms with Gasteiger partial charge in [-0.3, -0.25) is 4.98 Å². The first-order valence-electron chi connectivity index (χ1n) is 9.99. The normalized spacial score (nSPS) is 17.4. The Morgan fingerprint density at radius 3 is 2.54 bits per heavy atom. The van der Waals surface area contributed by atoms with Crippen LogP contribution in [0.1, 0.15) is 64.5 Å². The van der Waals surface area contributed by atoms with E-state index in [1.165, 1.54) is 25.7 Å². The van der Waals surface area contributed by atoms with Gasteiger partial charge in [-0.25, -0.2) is 4.79 Å². The number of nitrogens with one attached hydrogen (secondary N) is 1. The van der Waals surface area contributed by atoms with E-state index in [-0.39, 0.29) is 17.5 Å². The van der Waals surface area contributed by atoms with Gasteiger partial charge in [0.25, 0.3) is 0 Å². The fraction of sp³-hybridized carbons (Fsp3) is 0.714. The van der Waals surface area contributed by atoms with E-state index in [1.54, 1.807) is 6.20 Å². The van der Waals surface area contributed by atoms with Gasteiger partial charge < -0.3 is 15.1 Å². The van der Waals surface area contributed by atoms with E-state index in [0.29, 0.717) is 0 Å². The minimum Gasteiger partial charge on any atom is -0.331 e. The van der Waals surface area contributed by atoms with Crippen LogP contribution in [0.3, 0.4) is 0 Å². The predicted octanol–water partition coefficient (Wildman–Crippen LogP) is 4.08. The second-order valence-electron chi connectivity index (χ2n) is 8.73. The number of nitrogens with zero attached hydrogens (tertiary/aromatic N) is 3. The van der Waals surface area contributed by atoms with Crippen molar-refractivity contribution in [3.63, 3.8) is 0 Å². The van der Waals surface area contributed by atoms with Crippen LogP contribution < -0.4 is 5.32 Å². The minimum atomic E-state index is -0.0168. The molecule has 0 bridgehead atoms. The standard InChI is InChI=1S/C21H36N4O/c1-21(2,3)16-19(18-10-9-11-22-17-18)23-20(26)24(4)14-15-25-12-7-5-6-8-13-25/h9-11,17,19H,5-8,12-16H2,1-4H3,(H,23,26)/t19-/m1/s1. The Kier molecular flexibility index (Phi) is 7.88. The maximum absolute atomic E-state index is 12.7. The number of carbonyl (C=O) groups excluding carboxylic acids is 1. The highest BCUT2D eigenvalue weighted by molar-refractivity contribution is 5.74. The number of likely N-dealkylation sites (tertiary alicyclic amines) is 1. The van der Waals surface area contributed by atoms with Crippen LogP contribution in [-0.2, 0) is 0 Å². The fourth-order valence-corrected chi connectivity index (χ4v) is 3.46. The van der Waals surface area contributed by atoms with Crippen LogP contribution in [0.4, 0.5) is 4.79 Å². The van der Waals surface area contributed by atoms with Crippen molar-refractivity contribution < 1.29 is 4.79 Å². The lowest BCUT2D eigenvalue weighted by Crippen LogP contribution is -2.43. The van der Waals surface area contributed by atoms with Gasteiger partial charge in [-0.1, -0.05) is 39.7 Å². The topological polar surface area (TPSA) is 48.5 Å². The zero-order valence-electron chi connectivity index (χ0n) is 17.0. The molecule has 0 spiro atoms. The molecule has 1 fully saturated rings. The molecule has 1 aromatic heterocycles. The first-order valence-corrected chi connectivity index (χ1v) is 9.99. The molecule has 146 valence electrons. The summed E-state index contributed by atoms with van der Waals surface area (Å²) in [6.45, 7) is 10.7. The molecule has 0 aromatic carbocycles. The molecule has 0 aliphatic carbocycles. The summed E-state index contributed by atoms with van der Waals surface area (Å²) in [6.07, 6.45) is 9.75. The van der Waals surface area contributed by atoms with E-state index in [1.807, 2.05) is 30.3 Å². The molecule has 5 nitrogen and oxygen atoms in total. The van der Waals surface area contributed by atoms with Crippen LogP contribution in [0.25, 0.3) is 0 Å². The zero-order valence-corrected chi connectivity index (χ0v) is 17.0. The van der Waals surface area contributed by atoms with Crippen molar-refractivity contribution >= 4 is 6.03 Å². The Morgan fingerprint density at radius 1 is 1.27 bits per heavy atom. The zero-order chi connectivity index (χ0) is 19.0. The predicted molar refractivity (Wildman–Crippen MR) is 107 cm³/mol. The summed E-state index contributed by atoms with van der Waals surface area (Å²) in [4.78, 5) is 21.3. The lowest BCUT2D eigenvalue weighted by atomic mass is 9.86. The van der Waals surface area contributed by atoms with Crippen molar-refractivity contribution in [1.29, 1.82) is 0 Å². The number of carbonyl (C=O) groups is 1. The molecule has 2 amide bonds. The number of amides is 2. The summed E-state index contributed by atoms with van der Waals surface area (Å²) in [6, 6.07) is 3.95. The fourth-order valence-electron chi connectivity index (χ4n) is 3.46. The van der Waals surface area contributed by atoms with Crippen LogP contribution >= 0.6 is 0 Å². The molecule has 1 aromatic rings. The van der Waals surface area contributed by atoms with Gasteiger partial charge in [-0.15, -0.1) is 0 Å². The number of likely N-dealkylation sites (N-methyl/N-ethyl adjacent to an activating group) is 1. The van der Waals surface area contributed by atoms with E-state index in [9.17, 15) is 4.79 Å². The van der Waals surface area contributed by atoms with Gasteiger partial charge in [0.2, 0.25) is 0 Å². The van der Waals surface area contributed by atoms with Crippen LogP contribution in [0.2, 0.25) is 0 Å². The van der Waals surface area contributed by atoms with Crippen LogP contribution in [-0.4, -0.2) is 54.0 Å². The number of aromatic nitrogens is 1. The van der Waals surface area contributed by atoms with Crippen molar-refractivity contribution in [3.05, 3.63) is 30.1 Å². The van der Waals surface area contributed by atoms with Gasteiger partial charge in [0.05, 0.1) is 6.04 Å². The number of urea groups is 1. The van der Waals surface area contributed by atoms with Crippen LogP contribution in [0.5, 0.6) is 0 Å². The molecule has 1 atom stereocenters. The average molecular weight is 361 g/mol. The lowest BCUT2D eigenvalue weighted by molar-refractivity contribution is 0.187. The molecule has 0 saturated carbocycles. The van der Waals surface area contributed by atoms with Gasteiger partial charge in [0, 0.05) is 32.5 Å². The van der Waals surface area contributed by atoms with Gasteiger partial charge in [0.1, 0.15) is 0 Å². The van der Waals surface area contributed by atoms with Crippen molar-refractivity contribution in [2.75, 3.05) is 33.2 Å². The van der Waals surface area contributed by atoms with E-state index < -0.39 is 0 Å². The highest BCUT2D eigenvalue weighted by Crippen LogP contribution is 2.29. The van der Waals surface area contributed by atoms with Crippen LogP contribution in [0.15, 0.2) is 24.5 Å². The van der Waals surface area contributed by atoms with Crippen LogP contribution in [0, 0.1) is 5.41 Å². The molecule has 1 aliphatic rings. The monoisotopic (exact) mass is 360 g/mol. The molecule has 1 aliphatic heterocycles. The quantitative estimate of drug-likeness (QED) is 0.832. The van der Waals surface area contributed by atoms with Gasteiger partial charge >= 0.3 is 6.03 Å². The van der Waals surface area contributed by atoms with E-state index in [0.717, 1.165) is 38.2 Å². The minimum absolute atomic E-state index is 0.00192. The largest absolute Gasteiger partial charge is 0.331 e. The summed E-state index contributed by atoms with van der Waals surface area (Å²) in [7, 11) is 1.89. The van der Waals surface area contributed by atoms with Crippen molar-refractivity contribution in [2.24, 2.45) is 5.41 Å². The van der Waals surface area contributed by atoms with Gasteiger partial charge in [-0.2, -0.15) is 0 Å². The molecule has 2 rings (SSSR count). The summed E-state index contributed by atoms with van der Waals surface area (Å²) in [5, 5.41) is 3.22. The third-order valence-electron chi connectivity index (χ3n) is 5.00. The van der Waals surface area contributed by atoms with E-state index in [4.69, 9.17) is 0 Å². The van der Waals surface area contributed by atoms with Gasteiger partial charge in [-0.05, 0) is 49.4 Å². The smallest absolute Gasteiger partial charge is 0.317 e. The molecule has 1 N–H and O–H groups in total. The third-order valence-corrected chi connectivity index (χ3v) is 5.00. The number of pyridine rings is 1. The first kappa shape index (κ1) is 20.7.